The van der Waals surface area contributed by atoms with E-state index in [1.807, 2.05) is 0 Å². The van der Waals surface area contributed by atoms with Crippen LogP contribution in [0, 0.1) is 0 Å². The number of nitrogens with zero attached hydrogens (tertiary/aromatic N) is 1. The van der Waals surface area contributed by atoms with E-state index in [-0.39, 0.29) is 10.6 Å². The molecular weight excluding hydrogens is 325 g/mol. The van der Waals surface area contributed by atoms with Gasteiger partial charge in [-0.25, -0.2) is 5.06 Å². The lowest BCUT2D eigenvalue weighted by Crippen LogP contribution is -2.32. The number of anilines is 1. The summed E-state index contributed by atoms with van der Waals surface area (Å²) in [6.07, 6.45) is -4.59. The van der Waals surface area contributed by atoms with Crippen LogP contribution in [0.3, 0.4) is 0 Å². The molecule has 1 aromatic carbocycles. The van der Waals surface area contributed by atoms with E-state index in [2.05, 4.69) is 0 Å². The molecule has 1 N–H and O–H groups in total. The number of rotatable bonds is 4. The standard InChI is InChI=1S/C13H14ClF3N2O3/c1-4-7-5-8(11(20)19(2)22-3)10(9(14)6-7)18-12(21)13(15,16)17/h5-6H,4H2,1-3H3,(H,18,21). The highest BCUT2D eigenvalue weighted by Crippen LogP contribution is 2.31. The zero-order valence-electron chi connectivity index (χ0n) is 12.0. The molecule has 0 heterocycles. The minimum atomic E-state index is -5.10. The summed E-state index contributed by atoms with van der Waals surface area (Å²) in [5.74, 6) is -2.95. The summed E-state index contributed by atoms with van der Waals surface area (Å²) in [6, 6.07) is 2.74. The fraction of sp³-hybridized carbons (Fsp3) is 0.385. The summed E-state index contributed by atoms with van der Waals surface area (Å²) in [4.78, 5) is 28.0. The number of carbonyl (C=O) groups is 2. The Balaban J connectivity index is 3.36. The predicted octanol–water partition coefficient (Wildman–Crippen LogP) is 3.04. The van der Waals surface area contributed by atoms with Crippen molar-refractivity contribution in [2.45, 2.75) is 19.5 Å². The number of hydroxylamine groups is 2. The van der Waals surface area contributed by atoms with Gasteiger partial charge in [0.05, 0.1) is 23.4 Å². The first-order valence-corrected chi connectivity index (χ1v) is 6.52. The van der Waals surface area contributed by atoms with Crippen LogP contribution in [0.15, 0.2) is 12.1 Å². The van der Waals surface area contributed by atoms with Crippen LogP contribution in [0.4, 0.5) is 18.9 Å². The Bertz CT molecular complexity index is 591. The number of alkyl halides is 3. The van der Waals surface area contributed by atoms with Crippen molar-refractivity contribution in [2.75, 3.05) is 19.5 Å². The zero-order chi connectivity index (χ0) is 17.1. The van der Waals surface area contributed by atoms with Gasteiger partial charge in [-0.1, -0.05) is 18.5 Å². The number of aryl methyl sites for hydroxylation is 1. The molecule has 122 valence electrons. The second-order valence-corrected chi connectivity index (χ2v) is 4.70. The summed E-state index contributed by atoms with van der Waals surface area (Å²) < 4.78 is 37.2. The largest absolute Gasteiger partial charge is 0.471 e. The first-order valence-electron chi connectivity index (χ1n) is 6.14. The van der Waals surface area contributed by atoms with Crippen molar-refractivity contribution in [3.8, 4) is 0 Å². The van der Waals surface area contributed by atoms with Gasteiger partial charge in [0.2, 0.25) is 0 Å². The van der Waals surface area contributed by atoms with Crippen LogP contribution < -0.4 is 5.32 Å². The average Bonchev–Trinajstić information content (AvgIpc) is 2.46. The monoisotopic (exact) mass is 338 g/mol. The van der Waals surface area contributed by atoms with Crippen LogP contribution in [0.2, 0.25) is 5.02 Å². The van der Waals surface area contributed by atoms with Gasteiger partial charge in [-0.15, -0.1) is 0 Å². The van der Waals surface area contributed by atoms with Crippen LogP contribution in [-0.2, 0) is 16.1 Å². The maximum Gasteiger partial charge on any atom is 0.471 e. The van der Waals surface area contributed by atoms with E-state index in [0.717, 1.165) is 5.06 Å². The van der Waals surface area contributed by atoms with Gasteiger partial charge in [-0.05, 0) is 24.1 Å². The van der Waals surface area contributed by atoms with Crippen LogP contribution in [0.25, 0.3) is 0 Å². The molecule has 0 saturated carbocycles. The summed E-state index contributed by atoms with van der Waals surface area (Å²) in [7, 11) is 2.50. The van der Waals surface area contributed by atoms with Crippen molar-refractivity contribution >= 4 is 29.1 Å². The maximum absolute atomic E-state index is 12.4. The average molecular weight is 339 g/mol. The van der Waals surface area contributed by atoms with Crippen LogP contribution >= 0.6 is 11.6 Å². The first kappa shape index (κ1) is 18.2. The highest BCUT2D eigenvalue weighted by molar-refractivity contribution is 6.35. The zero-order valence-corrected chi connectivity index (χ0v) is 12.8. The molecule has 0 aromatic heterocycles. The molecule has 0 spiro atoms. The van der Waals surface area contributed by atoms with Gasteiger partial charge in [-0.2, -0.15) is 13.2 Å². The number of benzene rings is 1. The molecule has 0 aliphatic carbocycles. The van der Waals surface area contributed by atoms with Gasteiger partial charge >= 0.3 is 12.1 Å². The number of nitrogens with one attached hydrogen (secondary N) is 1. The number of hydrogen-bond donors (Lipinski definition) is 1. The molecule has 9 heteroatoms. The molecule has 0 aliphatic rings. The molecular formula is C13H14ClF3N2O3. The van der Waals surface area contributed by atoms with Crippen molar-refractivity contribution < 1.29 is 27.6 Å². The lowest BCUT2D eigenvalue weighted by atomic mass is 10.1. The quantitative estimate of drug-likeness (QED) is 0.858. The minimum Gasteiger partial charge on any atom is -0.316 e. The van der Waals surface area contributed by atoms with E-state index in [1.165, 1.54) is 26.3 Å². The maximum atomic E-state index is 12.4. The molecule has 0 aliphatic heterocycles. The van der Waals surface area contributed by atoms with Crippen molar-refractivity contribution in [1.82, 2.24) is 5.06 Å². The van der Waals surface area contributed by atoms with Crippen molar-refractivity contribution in [3.05, 3.63) is 28.3 Å². The summed E-state index contributed by atoms with van der Waals surface area (Å²) in [5.41, 5.74) is 0.0317. The Hall–Kier alpha value is -1.80. The predicted molar refractivity (Wildman–Crippen MR) is 74.6 cm³/mol. The third-order valence-corrected chi connectivity index (χ3v) is 3.14. The lowest BCUT2D eigenvalue weighted by Gasteiger charge is -2.19. The van der Waals surface area contributed by atoms with E-state index in [9.17, 15) is 22.8 Å². The third-order valence-electron chi connectivity index (χ3n) is 2.84. The van der Waals surface area contributed by atoms with Crippen molar-refractivity contribution in [3.63, 3.8) is 0 Å². The normalized spacial score (nSPS) is 11.2. The molecule has 5 nitrogen and oxygen atoms in total. The lowest BCUT2D eigenvalue weighted by molar-refractivity contribution is -0.167. The molecule has 0 unspecified atom stereocenters. The Kier molecular flexibility index (Phi) is 5.78. The second-order valence-electron chi connectivity index (χ2n) is 4.29. The van der Waals surface area contributed by atoms with E-state index in [1.54, 1.807) is 12.2 Å². The summed E-state index contributed by atoms with van der Waals surface area (Å²) in [5, 5.41) is 2.28. The Morgan fingerprint density at radius 1 is 1.36 bits per heavy atom. The Labute approximate surface area is 129 Å². The van der Waals surface area contributed by atoms with E-state index < -0.39 is 23.7 Å². The molecule has 0 bridgehead atoms. The fourth-order valence-corrected chi connectivity index (χ4v) is 1.89. The van der Waals surface area contributed by atoms with E-state index >= 15 is 0 Å². The fourth-order valence-electron chi connectivity index (χ4n) is 1.60. The summed E-state index contributed by atoms with van der Waals surface area (Å²) in [6.45, 7) is 1.79. The van der Waals surface area contributed by atoms with Gasteiger partial charge in [0, 0.05) is 7.05 Å². The third kappa shape index (κ3) is 4.11. The van der Waals surface area contributed by atoms with Gasteiger partial charge in [0.25, 0.3) is 5.91 Å². The van der Waals surface area contributed by atoms with Gasteiger partial charge in [0.15, 0.2) is 0 Å². The molecule has 1 aromatic rings. The van der Waals surface area contributed by atoms with Crippen molar-refractivity contribution in [1.29, 1.82) is 0 Å². The first-order chi connectivity index (χ1) is 10.1. The molecule has 0 radical (unpaired) electrons. The minimum absolute atomic E-state index is 0.162. The smallest absolute Gasteiger partial charge is 0.316 e. The number of hydrogen-bond acceptors (Lipinski definition) is 3. The van der Waals surface area contributed by atoms with Crippen molar-refractivity contribution in [2.24, 2.45) is 0 Å². The highest BCUT2D eigenvalue weighted by atomic mass is 35.5. The van der Waals surface area contributed by atoms with E-state index in [0.29, 0.717) is 12.0 Å². The molecule has 0 saturated heterocycles. The van der Waals surface area contributed by atoms with Gasteiger partial charge < -0.3 is 5.32 Å². The highest BCUT2D eigenvalue weighted by Gasteiger charge is 2.39. The molecule has 2 amide bonds. The van der Waals surface area contributed by atoms with Gasteiger partial charge in [-0.3, -0.25) is 14.4 Å². The molecule has 22 heavy (non-hydrogen) atoms. The number of halogens is 4. The molecule has 1 rings (SSSR count). The topological polar surface area (TPSA) is 58.6 Å². The van der Waals surface area contributed by atoms with Crippen LogP contribution in [-0.4, -0.2) is 37.2 Å². The second kappa shape index (κ2) is 6.97. The molecule has 0 atom stereocenters. The SMILES string of the molecule is CCc1cc(Cl)c(NC(=O)C(F)(F)F)c(C(=O)N(C)OC)c1. The number of amides is 2. The summed E-state index contributed by atoms with van der Waals surface area (Å²) >= 11 is 5.91. The van der Waals surface area contributed by atoms with E-state index in [4.69, 9.17) is 16.4 Å². The Morgan fingerprint density at radius 2 is 1.95 bits per heavy atom. The van der Waals surface area contributed by atoms with Gasteiger partial charge in [0.1, 0.15) is 0 Å². The number of carbonyl (C=O) groups excluding carboxylic acids is 2. The molecule has 0 fully saturated rings. The van der Waals surface area contributed by atoms with Crippen LogP contribution in [0.1, 0.15) is 22.8 Å². The Morgan fingerprint density at radius 3 is 2.41 bits per heavy atom. The van der Waals surface area contributed by atoms with Crippen LogP contribution in [0.5, 0.6) is 0 Å².